The third-order valence-corrected chi connectivity index (χ3v) is 3.58. The molecular weight excluding hydrogens is 274 g/mol. The van der Waals surface area contributed by atoms with Crippen LogP contribution >= 0.6 is 11.6 Å². The standard InChI is InChI=1S/C14H18ClN5/c1-4-12-18-13(9(3)14(19-12)20-16)17-11-7-5-6-10(15)8(11)2/h5-7H,4,16H2,1-3H3,(H2,17,18,19,20). The van der Waals surface area contributed by atoms with Crippen LogP contribution in [0, 0.1) is 13.8 Å². The van der Waals surface area contributed by atoms with E-state index in [1.165, 1.54) is 0 Å². The van der Waals surface area contributed by atoms with Crippen molar-refractivity contribution in [1.29, 1.82) is 0 Å². The molecule has 6 heteroatoms. The Labute approximate surface area is 123 Å². The summed E-state index contributed by atoms with van der Waals surface area (Å²) in [6, 6.07) is 5.72. The first-order valence-corrected chi connectivity index (χ1v) is 6.80. The molecule has 20 heavy (non-hydrogen) atoms. The van der Waals surface area contributed by atoms with Crippen molar-refractivity contribution in [3.63, 3.8) is 0 Å². The topological polar surface area (TPSA) is 75.9 Å². The highest BCUT2D eigenvalue weighted by molar-refractivity contribution is 6.31. The number of aryl methyl sites for hydroxylation is 1. The van der Waals surface area contributed by atoms with Crippen molar-refractivity contribution < 1.29 is 0 Å². The lowest BCUT2D eigenvalue weighted by molar-refractivity contribution is 0.932. The van der Waals surface area contributed by atoms with E-state index in [-0.39, 0.29) is 0 Å². The quantitative estimate of drug-likeness (QED) is 0.595. The number of benzene rings is 1. The molecule has 0 atom stereocenters. The zero-order chi connectivity index (χ0) is 14.7. The molecule has 106 valence electrons. The fraction of sp³-hybridized carbons (Fsp3) is 0.286. The summed E-state index contributed by atoms with van der Waals surface area (Å²) in [4.78, 5) is 8.84. The summed E-state index contributed by atoms with van der Waals surface area (Å²) in [6.45, 7) is 5.88. The molecule has 0 fully saturated rings. The zero-order valence-corrected chi connectivity index (χ0v) is 12.5. The number of hydrazine groups is 1. The van der Waals surface area contributed by atoms with Gasteiger partial charge >= 0.3 is 0 Å². The first kappa shape index (κ1) is 14.6. The van der Waals surface area contributed by atoms with Crippen LogP contribution in [0.4, 0.5) is 17.3 Å². The minimum absolute atomic E-state index is 0.624. The van der Waals surface area contributed by atoms with E-state index in [0.29, 0.717) is 5.82 Å². The Balaban J connectivity index is 2.45. The summed E-state index contributed by atoms with van der Waals surface area (Å²) in [5.41, 5.74) is 5.37. The van der Waals surface area contributed by atoms with Crippen molar-refractivity contribution in [3.05, 3.63) is 40.2 Å². The highest BCUT2D eigenvalue weighted by Gasteiger charge is 2.11. The molecule has 0 bridgehead atoms. The number of anilines is 3. The Morgan fingerprint density at radius 1 is 1.15 bits per heavy atom. The van der Waals surface area contributed by atoms with Gasteiger partial charge in [-0.05, 0) is 31.5 Å². The van der Waals surface area contributed by atoms with Gasteiger partial charge in [0.25, 0.3) is 0 Å². The monoisotopic (exact) mass is 291 g/mol. The first-order valence-electron chi connectivity index (χ1n) is 6.43. The summed E-state index contributed by atoms with van der Waals surface area (Å²) in [7, 11) is 0. The molecule has 0 amide bonds. The van der Waals surface area contributed by atoms with Crippen molar-refractivity contribution in [3.8, 4) is 0 Å². The molecule has 0 unspecified atom stereocenters. The van der Waals surface area contributed by atoms with Crippen molar-refractivity contribution in [2.75, 3.05) is 10.7 Å². The molecule has 2 aromatic rings. The van der Waals surface area contributed by atoms with Crippen LogP contribution in [0.25, 0.3) is 0 Å². The van der Waals surface area contributed by atoms with Gasteiger partial charge in [-0.15, -0.1) is 0 Å². The van der Waals surface area contributed by atoms with Crippen molar-refractivity contribution in [1.82, 2.24) is 9.97 Å². The average Bonchev–Trinajstić information content (AvgIpc) is 2.45. The van der Waals surface area contributed by atoms with E-state index in [1.54, 1.807) is 0 Å². The Morgan fingerprint density at radius 3 is 2.50 bits per heavy atom. The lowest BCUT2D eigenvalue weighted by Crippen LogP contribution is -2.14. The molecule has 0 saturated carbocycles. The number of hydrogen-bond donors (Lipinski definition) is 3. The van der Waals surface area contributed by atoms with Gasteiger partial charge in [-0.3, -0.25) is 0 Å². The lowest BCUT2D eigenvalue weighted by atomic mass is 10.2. The van der Waals surface area contributed by atoms with E-state index < -0.39 is 0 Å². The molecule has 0 aliphatic heterocycles. The van der Waals surface area contributed by atoms with E-state index in [2.05, 4.69) is 20.7 Å². The Bertz CT molecular complexity index is 627. The summed E-state index contributed by atoms with van der Waals surface area (Å²) < 4.78 is 0. The van der Waals surface area contributed by atoms with Gasteiger partial charge in [0.1, 0.15) is 17.5 Å². The molecule has 0 aliphatic rings. The number of nitrogens with zero attached hydrogens (tertiary/aromatic N) is 2. The molecule has 1 aromatic heterocycles. The fourth-order valence-corrected chi connectivity index (χ4v) is 2.03. The normalized spacial score (nSPS) is 10.4. The predicted octanol–water partition coefficient (Wildman–Crippen LogP) is 3.34. The maximum Gasteiger partial charge on any atom is 0.148 e. The van der Waals surface area contributed by atoms with Crippen LogP contribution in [0.2, 0.25) is 5.02 Å². The van der Waals surface area contributed by atoms with Gasteiger partial charge in [-0.25, -0.2) is 15.8 Å². The van der Waals surface area contributed by atoms with Gasteiger partial charge in [0.05, 0.1) is 0 Å². The van der Waals surface area contributed by atoms with Crippen molar-refractivity contribution in [2.24, 2.45) is 5.84 Å². The molecule has 4 N–H and O–H groups in total. The van der Waals surface area contributed by atoms with Crippen LogP contribution in [0.3, 0.4) is 0 Å². The molecule has 2 rings (SSSR count). The van der Waals surface area contributed by atoms with Crippen LogP contribution < -0.4 is 16.6 Å². The molecular formula is C14H18ClN5. The Hall–Kier alpha value is -1.85. The van der Waals surface area contributed by atoms with Gasteiger partial charge in [-0.2, -0.15) is 0 Å². The van der Waals surface area contributed by atoms with Crippen molar-refractivity contribution in [2.45, 2.75) is 27.2 Å². The summed E-state index contributed by atoms with van der Waals surface area (Å²) in [6.07, 6.45) is 0.734. The highest BCUT2D eigenvalue weighted by Crippen LogP contribution is 2.28. The maximum absolute atomic E-state index is 6.13. The number of nitrogens with one attached hydrogen (secondary N) is 2. The van der Waals surface area contributed by atoms with E-state index in [0.717, 1.165) is 39.9 Å². The van der Waals surface area contributed by atoms with Gasteiger partial charge < -0.3 is 10.7 Å². The summed E-state index contributed by atoms with van der Waals surface area (Å²) >= 11 is 6.13. The third kappa shape index (κ3) is 2.84. The number of hydrogen-bond acceptors (Lipinski definition) is 5. The van der Waals surface area contributed by atoms with Crippen LogP contribution in [-0.2, 0) is 6.42 Å². The maximum atomic E-state index is 6.13. The second-order valence-electron chi connectivity index (χ2n) is 4.50. The molecule has 0 spiro atoms. The number of rotatable bonds is 4. The fourth-order valence-electron chi connectivity index (χ4n) is 1.85. The Morgan fingerprint density at radius 2 is 1.85 bits per heavy atom. The smallest absolute Gasteiger partial charge is 0.148 e. The number of nitrogens with two attached hydrogens (primary N) is 1. The number of halogens is 1. The lowest BCUT2D eigenvalue weighted by Gasteiger charge is -2.15. The molecule has 1 heterocycles. The number of nitrogen functional groups attached to an aromatic ring is 1. The number of aromatic nitrogens is 2. The zero-order valence-electron chi connectivity index (χ0n) is 11.8. The van der Waals surface area contributed by atoms with Gasteiger partial charge in [0, 0.05) is 22.7 Å². The first-order chi connectivity index (χ1) is 9.56. The van der Waals surface area contributed by atoms with Gasteiger partial charge in [0.15, 0.2) is 0 Å². The molecule has 0 aliphatic carbocycles. The molecule has 0 radical (unpaired) electrons. The molecule has 5 nitrogen and oxygen atoms in total. The van der Waals surface area contributed by atoms with Crippen LogP contribution in [0.5, 0.6) is 0 Å². The van der Waals surface area contributed by atoms with E-state index >= 15 is 0 Å². The Kier molecular flexibility index (Phi) is 4.42. The summed E-state index contributed by atoms with van der Waals surface area (Å²) in [5, 5.41) is 4.02. The predicted molar refractivity (Wildman–Crippen MR) is 83.4 cm³/mol. The highest BCUT2D eigenvalue weighted by atomic mass is 35.5. The SMILES string of the molecule is CCc1nc(NN)c(C)c(Nc2cccc(Cl)c2C)n1. The minimum atomic E-state index is 0.624. The van der Waals surface area contributed by atoms with Crippen molar-refractivity contribution >= 4 is 28.9 Å². The summed E-state index contributed by atoms with van der Waals surface area (Å²) in [5.74, 6) is 7.58. The third-order valence-electron chi connectivity index (χ3n) is 3.17. The van der Waals surface area contributed by atoms with Gasteiger partial charge in [-0.1, -0.05) is 24.6 Å². The average molecular weight is 292 g/mol. The molecule has 1 aromatic carbocycles. The largest absolute Gasteiger partial charge is 0.340 e. The van der Waals surface area contributed by atoms with Crippen LogP contribution in [-0.4, -0.2) is 9.97 Å². The van der Waals surface area contributed by atoms with Crippen LogP contribution in [0.15, 0.2) is 18.2 Å². The second kappa shape index (κ2) is 6.07. The van der Waals surface area contributed by atoms with E-state index in [1.807, 2.05) is 39.0 Å². The van der Waals surface area contributed by atoms with Gasteiger partial charge in [0.2, 0.25) is 0 Å². The van der Waals surface area contributed by atoms with E-state index in [4.69, 9.17) is 17.4 Å². The van der Waals surface area contributed by atoms with Crippen LogP contribution in [0.1, 0.15) is 23.9 Å². The van der Waals surface area contributed by atoms with E-state index in [9.17, 15) is 0 Å². The second-order valence-corrected chi connectivity index (χ2v) is 4.90. The minimum Gasteiger partial charge on any atom is -0.340 e. The molecule has 0 saturated heterocycles.